The minimum absolute atomic E-state index is 0.102. The van der Waals surface area contributed by atoms with E-state index in [1.54, 1.807) is 31.2 Å². The topological polar surface area (TPSA) is 87.3 Å². The number of nitrogen functional groups attached to an aromatic ring is 1. The first-order valence-electron chi connectivity index (χ1n) is 7.81. The highest BCUT2D eigenvalue weighted by Crippen LogP contribution is 2.29. The van der Waals surface area contributed by atoms with Crippen LogP contribution in [-0.2, 0) is 4.74 Å². The molecule has 0 aliphatic heterocycles. The second-order valence-corrected chi connectivity index (χ2v) is 5.14. The molecule has 126 valence electrons. The van der Waals surface area contributed by atoms with Gasteiger partial charge in [-0.05, 0) is 19.1 Å². The first kappa shape index (κ1) is 16.4. The lowest BCUT2D eigenvalue weighted by Crippen LogP contribution is -2.09. The quantitative estimate of drug-likeness (QED) is 0.565. The molecule has 2 aromatic carbocycles. The molecule has 0 aliphatic carbocycles. The van der Waals surface area contributed by atoms with Gasteiger partial charge in [0, 0.05) is 11.8 Å². The third-order valence-corrected chi connectivity index (χ3v) is 3.41. The molecule has 0 aliphatic rings. The summed E-state index contributed by atoms with van der Waals surface area (Å²) in [6.45, 7) is 1.97. The molecule has 6 heteroatoms. The lowest BCUT2D eigenvalue weighted by Gasteiger charge is -2.12. The molecule has 3 aromatic rings. The molecule has 1 aromatic heterocycles. The number of rotatable bonds is 5. The number of carbonyl (C=O) groups excluding carboxylic acids is 1. The van der Waals surface area contributed by atoms with Crippen LogP contribution < -0.4 is 10.5 Å². The van der Waals surface area contributed by atoms with E-state index in [2.05, 4.69) is 9.97 Å². The maximum Gasteiger partial charge on any atom is 0.345 e. The number of nitrogens with two attached hydrogens (primary N) is 1. The van der Waals surface area contributed by atoms with Crippen LogP contribution in [0.25, 0.3) is 11.4 Å². The summed E-state index contributed by atoms with van der Waals surface area (Å²) in [6.07, 6.45) is 1.40. The highest BCUT2D eigenvalue weighted by molar-refractivity contribution is 5.92. The van der Waals surface area contributed by atoms with Crippen LogP contribution in [0.2, 0.25) is 0 Å². The number of esters is 1. The van der Waals surface area contributed by atoms with E-state index in [0.29, 0.717) is 17.3 Å². The lowest BCUT2D eigenvalue weighted by atomic mass is 10.2. The zero-order chi connectivity index (χ0) is 17.6. The monoisotopic (exact) mass is 335 g/mol. The summed E-state index contributed by atoms with van der Waals surface area (Å²) in [4.78, 5) is 20.8. The van der Waals surface area contributed by atoms with E-state index in [4.69, 9.17) is 15.2 Å². The lowest BCUT2D eigenvalue weighted by molar-refractivity contribution is 0.0522. The Kier molecular flexibility index (Phi) is 4.89. The van der Waals surface area contributed by atoms with Crippen molar-refractivity contribution in [3.8, 4) is 23.0 Å². The number of carbonyl (C=O) groups is 1. The first-order chi connectivity index (χ1) is 12.2. The smallest absolute Gasteiger partial charge is 0.345 e. The molecular formula is C19H17N3O3. The van der Waals surface area contributed by atoms with Gasteiger partial charge in [0.2, 0.25) is 5.88 Å². The molecule has 2 N–H and O–H groups in total. The van der Waals surface area contributed by atoms with Crippen LogP contribution in [0, 0.1) is 0 Å². The third-order valence-electron chi connectivity index (χ3n) is 3.41. The highest BCUT2D eigenvalue weighted by Gasteiger charge is 2.19. The van der Waals surface area contributed by atoms with Crippen LogP contribution >= 0.6 is 0 Å². The molecule has 0 saturated carbocycles. The Morgan fingerprint density at radius 1 is 1.08 bits per heavy atom. The SMILES string of the molecule is CCOC(=O)c1cnc(-c2ccccc2)nc1Oc1ccccc1N. The van der Waals surface area contributed by atoms with Crippen LogP contribution in [0.3, 0.4) is 0 Å². The van der Waals surface area contributed by atoms with Crippen molar-refractivity contribution in [2.75, 3.05) is 12.3 Å². The fraction of sp³-hybridized carbons (Fsp3) is 0.105. The number of hydrogen-bond donors (Lipinski definition) is 1. The summed E-state index contributed by atoms with van der Waals surface area (Å²) in [6, 6.07) is 16.4. The Bertz CT molecular complexity index is 882. The molecule has 0 spiro atoms. The number of ether oxygens (including phenoxy) is 2. The summed E-state index contributed by atoms with van der Waals surface area (Å²) in [5.41, 5.74) is 7.31. The summed E-state index contributed by atoms with van der Waals surface area (Å²) >= 11 is 0. The molecule has 0 bridgehead atoms. The van der Waals surface area contributed by atoms with Crippen molar-refractivity contribution in [2.45, 2.75) is 6.92 Å². The second kappa shape index (κ2) is 7.44. The second-order valence-electron chi connectivity index (χ2n) is 5.14. The van der Waals surface area contributed by atoms with Crippen LogP contribution in [0.4, 0.5) is 5.69 Å². The van der Waals surface area contributed by atoms with Crippen molar-refractivity contribution in [1.29, 1.82) is 0 Å². The molecule has 3 rings (SSSR count). The van der Waals surface area contributed by atoms with Gasteiger partial charge in [0.05, 0.1) is 12.3 Å². The Labute approximate surface area is 145 Å². The average Bonchev–Trinajstić information content (AvgIpc) is 2.64. The van der Waals surface area contributed by atoms with Crippen LogP contribution in [0.1, 0.15) is 17.3 Å². The maximum atomic E-state index is 12.2. The Balaban J connectivity index is 2.04. The number of aromatic nitrogens is 2. The van der Waals surface area contributed by atoms with E-state index < -0.39 is 5.97 Å². The van der Waals surface area contributed by atoms with Gasteiger partial charge in [-0.1, -0.05) is 42.5 Å². The largest absolute Gasteiger partial charge is 0.462 e. The van der Waals surface area contributed by atoms with Gasteiger partial charge in [-0.2, -0.15) is 4.98 Å². The third kappa shape index (κ3) is 3.74. The zero-order valence-electron chi connectivity index (χ0n) is 13.7. The first-order valence-corrected chi connectivity index (χ1v) is 7.81. The zero-order valence-corrected chi connectivity index (χ0v) is 13.7. The fourth-order valence-electron chi connectivity index (χ4n) is 2.20. The molecule has 1 heterocycles. The number of para-hydroxylation sites is 2. The van der Waals surface area contributed by atoms with Crippen molar-refractivity contribution in [1.82, 2.24) is 9.97 Å². The standard InChI is InChI=1S/C19H17N3O3/c1-2-24-19(23)14-12-21-17(13-8-4-3-5-9-13)22-18(14)25-16-11-7-6-10-15(16)20/h3-12H,2,20H2,1H3. The molecule has 6 nitrogen and oxygen atoms in total. The number of anilines is 1. The van der Waals surface area contributed by atoms with Crippen molar-refractivity contribution in [3.05, 3.63) is 66.4 Å². The van der Waals surface area contributed by atoms with E-state index in [-0.39, 0.29) is 18.1 Å². The minimum atomic E-state index is -0.549. The van der Waals surface area contributed by atoms with Gasteiger partial charge < -0.3 is 15.2 Å². The van der Waals surface area contributed by atoms with Crippen molar-refractivity contribution < 1.29 is 14.3 Å². The van der Waals surface area contributed by atoms with Crippen molar-refractivity contribution in [2.24, 2.45) is 0 Å². The maximum absolute atomic E-state index is 12.2. The molecule has 0 fully saturated rings. The van der Waals surface area contributed by atoms with Crippen LogP contribution in [0.5, 0.6) is 11.6 Å². The number of benzene rings is 2. The molecule has 0 saturated heterocycles. The number of nitrogens with zero attached hydrogens (tertiary/aromatic N) is 2. The summed E-state index contributed by atoms with van der Waals surface area (Å²) in [7, 11) is 0. The van der Waals surface area contributed by atoms with E-state index in [0.717, 1.165) is 5.56 Å². The highest BCUT2D eigenvalue weighted by atomic mass is 16.5. The van der Waals surface area contributed by atoms with Gasteiger partial charge in [0.1, 0.15) is 5.56 Å². The Morgan fingerprint density at radius 3 is 2.52 bits per heavy atom. The van der Waals surface area contributed by atoms with Gasteiger partial charge in [0.25, 0.3) is 0 Å². The number of hydrogen-bond acceptors (Lipinski definition) is 6. The van der Waals surface area contributed by atoms with Gasteiger partial charge in [-0.3, -0.25) is 0 Å². The molecule has 0 atom stereocenters. The van der Waals surface area contributed by atoms with Crippen LogP contribution in [0.15, 0.2) is 60.8 Å². The predicted octanol–water partition coefficient (Wildman–Crippen LogP) is 3.69. The molecular weight excluding hydrogens is 318 g/mol. The van der Waals surface area contributed by atoms with Crippen molar-refractivity contribution in [3.63, 3.8) is 0 Å². The molecule has 25 heavy (non-hydrogen) atoms. The predicted molar refractivity (Wildman–Crippen MR) is 94.4 cm³/mol. The van der Waals surface area contributed by atoms with E-state index >= 15 is 0 Å². The van der Waals surface area contributed by atoms with Gasteiger partial charge >= 0.3 is 5.97 Å². The van der Waals surface area contributed by atoms with Crippen LogP contribution in [-0.4, -0.2) is 22.5 Å². The summed E-state index contributed by atoms with van der Waals surface area (Å²) in [5.74, 6) is 0.403. The summed E-state index contributed by atoms with van der Waals surface area (Å²) < 4.78 is 10.8. The summed E-state index contributed by atoms with van der Waals surface area (Å²) in [5, 5.41) is 0. The molecule has 0 unspecified atom stereocenters. The Hall–Kier alpha value is -3.41. The van der Waals surface area contributed by atoms with E-state index in [9.17, 15) is 4.79 Å². The fourth-order valence-corrected chi connectivity index (χ4v) is 2.20. The van der Waals surface area contributed by atoms with Gasteiger partial charge in [-0.25, -0.2) is 9.78 Å². The normalized spacial score (nSPS) is 10.3. The van der Waals surface area contributed by atoms with Gasteiger partial charge in [0.15, 0.2) is 11.6 Å². The van der Waals surface area contributed by atoms with E-state index in [1.807, 2.05) is 30.3 Å². The Morgan fingerprint density at radius 2 is 1.80 bits per heavy atom. The van der Waals surface area contributed by atoms with Gasteiger partial charge in [-0.15, -0.1) is 0 Å². The average molecular weight is 335 g/mol. The molecule has 0 radical (unpaired) electrons. The van der Waals surface area contributed by atoms with Crippen molar-refractivity contribution >= 4 is 11.7 Å². The minimum Gasteiger partial charge on any atom is -0.462 e. The van der Waals surface area contributed by atoms with E-state index in [1.165, 1.54) is 6.20 Å². The molecule has 0 amide bonds.